The van der Waals surface area contributed by atoms with Gasteiger partial charge in [0, 0.05) is 17.7 Å². The number of carboxylic acid groups (broad SMARTS) is 1. The highest BCUT2D eigenvalue weighted by Crippen LogP contribution is 2.39. The van der Waals surface area contributed by atoms with Crippen molar-refractivity contribution in [3.05, 3.63) is 47.9 Å². The van der Waals surface area contributed by atoms with Crippen LogP contribution < -0.4 is 4.74 Å². The Morgan fingerprint density at radius 1 is 1.38 bits per heavy atom. The third-order valence-electron chi connectivity index (χ3n) is 2.75. The smallest absolute Gasteiger partial charge is 0.412 e. The van der Waals surface area contributed by atoms with E-state index in [2.05, 4.69) is 0 Å². The highest BCUT2D eigenvalue weighted by molar-refractivity contribution is 5.89. The lowest BCUT2D eigenvalue weighted by Gasteiger charge is -2.21. The maximum atomic E-state index is 11.0. The number of hydrogen-bond acceptors (Lipinski definition) is 2. The molecule has 0 aromatic heterocycles. The Balaban J connectivity index is 2.08. The van der Waals surface area contributed by atoms with Gasteiger partial charge >= 0.3 is 6.09 Å². The molecular weight excluding hydrogens is 206 g/mol. The Hall–Kier alpha value is -2.23. The van der Waals surface area contributed by atoms with Crippen LogP contribution in [-0.2, 0) is 0 Å². The first kappa shape index (κ1) is 9.03. The number of allylic oxidation sites excluding steroid dienone is 1. The fraction of sp³-hybridized carbons (Fsp3) is 0.0833. The van der Waals surface area contributed by atoms with Crippen LogP contribution in [-0.4, -0.2) is 22.6 Å². The number of carbonyl (C=O) groups is 1. The second-order valence-electron chi connectivity index (χ2n) is 3.63. The molecule has 1 aromatic rings. The Bertz CT molecular complexity index is 531. The van der Waals surface area contributed by atoms with Crippen LogP contribution in [0.25, 0.3) is 5.57 Å². The SMILES string of the molecule is O=C(O)N1CC=C2C1=COc1ccccc12. The first-order valence-electron chi connectivity index (χ1n) is 4.94. The summed E-state index contributed by atoms with van der Waals surface area (Å²) >= 11 is 0. The summed E-state index contributed by atoms with van der Waals surface area (Å²) in [5, 5.41) is 9.00. The maximum absolute atomic E-state index is 11.0. The topological polar surface area (TPSA) is 49.8 Å². The van der Waals surface area contributed by atoms with Crippen LogP contribution in [0.15, 0.2) is 42.3 Å². The lowest BCUT2D eigenvalue weighted by atomic mass is 10.0. The number of rotatable bonds is 0. The van der Waals surface area contributed by atoms with Crippen LogP contribution in [0.4, 0.5) is 4.79 Å². The first-order valence-corrected chi connectivity index (χ1v) is 4.94. The Labute approximate surface area is 92.1 Å². The van der Waals surface area contributed by atoms with Gasteiger partial charge in [-0.1, -0.05) is 24.3 Å². The van der Waals surface area contributed by atoms with Crippen LogP contribution in [0.5, 0.6) is 5.75 Å². The Kier molecular flexibility index (Phi) is 1.77. The average Bonchev–Trinajstić information content (AvgIpc) is 2.73. The number of para-hydroxylation sites is 1. The summed E-state index contributed by atoms with van der Waals surface area (Å²) in [6.45, 7) is 0.383. The van der Waals surface area contributed by atoms with Crippen molar-refractivity contribution in [3.63, 3.8) is 0 Å². The predicted molar refractivity (Wildman–Crippen MR) is 57.9 cm³/mol. The van der Waals surface area contributed by atoms with E-state index in [1.807, 2.05) is 30.3 Å². The van der Waals surface area contributed by atoms with E-state index in [1.54, 1.807) is 0 Å². The molecule has 2 aliphatic heterocycles. The van der Waals surface area contributed by atoms with E-state index in [4.69, 9.17) is 9.84 Å². The molecule has 0 radical (unpaired) electrons. The number of ether oxygens (including phenoxy) is 1. The zero-order chi connectivity index (χ0) is 11.1. The molecular formula is C12H9NO3. The molecule has 2 aliphatic rings. The molecule has 0 saturated heterocycles. The molecule has 80 valence electrons. The van der Waals surface area contributed by atoms with Crippen molar-refractivity contribution in [1.82, 2.24) is 4.90 Å². The zero-order valence-corrected chi connectivity index (χ0v) is 8.38. The van der Waals surface area contributed by atoms with Gasteiger partial charge in [0.05, 0.1) is 5.70 Å². The number of fused-ring (bicyclic) bond motifs is 3. The predicted octanol–water partition coefficient (Wildman–Crippen LogP) is 2.30. The fourth-order valence-corrected chi connectivity index (χ4v) is 2.00. The summed E-state index contributed by atoms with van der Waals surface area (Å²) < 4.78 is 5.41. The summed E-state index contributed by atoms with van der Waals surface area (Å²) in [4.78, 5) is 12.2. The highest BCUT2D eigenvalue weighted by Gasteiger charge is 2.30. The van der Waals surface area contributed by atoms with Crippen molar-refractivity contribution in [1.29, 1.82) is 0 Å². The minimum atomic E-state index is -0.958. The second-order valence-corrected chi connectivity index (χ2v) is 3.63. The summed E-state index contributed by atoms with van der Waals surface area (Å²) in [5.74, 6) is 0.768. The number of hydrogen-bond donors (Lipinski definition) is 1. The summed E-state index contributed by atoms with van der Waals surface area (Å²) in [6, 6.07) is 7.60. The van der Waals surface area contributed by atoms with Gasteiger partial charge in [0.15, 0.2) is 0 Å². The quantitative estimate of drug-likeness (QED) is 0.722. The van der Waals surface area contributed by atoms with Crippen molar-refractivity contribution in [2.45, 2.75) is 0 Å². The van der Waals surface area contributed by atoms with Crippen molar-refractivity contribution < 1.29 is 14.6 Å². The molecule has 3 rings (SSSR count). The number of amides is 1. The summed E-state index contributed by atoms with van der Waals surface area (Å²) in [5.41, 5.74) is 2.50. The minimum Gasteiger partial charge on any atom is -0.465 e. The molecule has 1 amide bonds. The molecule has 0 saturated carbocycles. The normalized spacial score (nSPS) is 16.9. The molecule has 0 fully saturated rings. The largest absolute Gasteiger partial charge is 0.465 e. The monoisotopic (exact) mass is 215 g/mol. The third kappa shape index (κ3) is 1.13. The number of nitrogens with zero attached hydrogens (tertiary/aromatic N) is 1. The van der Waals surface area contributed by atoms with Crippen molar-refractivity contribution in [2.24, 2.45) is 0 Å². The van der Waals surface area contributed by atoms with E-state index >= 15 is 0 Å². The van der Waals surface area contributed by atoms with Crippen LogP contribution in [0.1, 0.15) is 5.56 Å². The van der Waals surface area contributed by atoms with Gasteiger partial charge in [0.1, 0.15) is 12.0 Å². The molecule has 0 unspecified atom stereocenters. The fourth-order valence-electron chi connectivity index (χ4n) is 2.00. The van der Waals surface area contributed by atoms with Gasteiger partial charge in [-0.2, -0.15) is 0 Å². The second kappa shape index (κ2) is 3.13. The number of benzene rings is 1. The van der Waals surface area contributed by atoms with Gasteiger partial charge in [-0.15, -0.1) is 0 Å². The molecule has 1 aromatic carbocycles. The average molecular weight is 215 g/mol. The van der Waals surface area contributed by atoms with E-state index in [-0.39, 0.29) is 0 Å². The van der Waals surface area contributed by atoms with E-state index in [0.29, 0.717) is 12.2 Å². The summed E-state index contributed by atoms with van der Waals surface area (Å²) in [7, 11) is 0. The van der Waals surface area contributed by atoms with Crippen molar-refractivity contribution >= 4 is 11.7 Å². The van der Waals surface area contributed by atoms with Crippen molar-refractivity contribution in [2.75, 3.05) is 6.54 Å². The van der Waals surface area contributed by atoms with Crippen LogP contribution >= 0.6 is 0 Å². The van der Waals surface area contributed by atoms with Gasteiger partial charge in [0.2, 0.25) is 0 Å². The lowest BCUT2D eigenvalue weighted by Crippen LogP contribution is -2.26. The molecule has 0 aliphatic carbocycles. The Morgan fingerprint density at radius 3 is 3.00 bits per heavy atom. The van der Waals surface area contributed by atoms with Gasteiger partial charge in [-0.3, -0.25) is 4.90 Å². The van der Waals surface area contributed by atoms with Gasteiger partial charge in [0.25, 0.3) is 0 Å². The van der Waals surface area contributed by atoms with Gasteiger partial charge in [-0.25, -0.2) is 4.79 Å². The molecule has 0 spiro atoms. The van der Waals surface area contributed by atoms with E-state index < -0.39 is 6.09 Å². The molecule has 0 bridgehead atoms. The molecule has 4 nitrogen and oxygen atoms in total. The van der Waals surface area contributed by atoms with Crippen LogP contribution in [0, 0.1) is 0 Å². The summed E-state index contributed by atoms with van der Waals surface area (Å²) in [6.07, 6.45) is 2.44. The molecule has 1 N–H and O–H groups in total. The maximum Gasteiger partial charge on any atom is 0.412 e. The Morgan fingerprint density at radius 2 is 2.19 bits per heavy atom. The van der Waals surface area contributed by atoms with E-state index in [0.717, 1.165) is 16.9 Å². The van der Waals surface area contributed by atoms with Crippen LogP contribution in [0.3, 0.4) is 0 Å². The van der Waals surface area contributed by atoms with Crippen LogP contribution in [0.2, 0.25) is 0 Å². The zero-order valence-electron chi connectivity index (χ0n) is 8.38. The molecule has 0 atom stereocenters. The highest BCUT2D eigenvalue weighted by atomic mass is 16.5. The lowest BCUT2D eigenvalue weighted by molar-refractivity contribution is 0.164. The first-order chi connectivity index (χ1) is 7.77. The minimum absolute atomic E-state index is 0.383. The van der Waals surface area contributed by atoms with Gasteiger partial charge in [-0.05, 0) is 6.07 Å². The third-order valence-corrected chi connectivity index (χ3v) is 2.75. The standard InChI is InChI=1S/C12H9NO3/c14-12(15)13-6-5-8-9-3-1-2-4-11(9)16-7-10(8)13/h1-5,7H,6H2,(H,14,15). The van der Waals surface area contributed by atoms with Crippen molar-refractivity contribution in [3.8, 4) is 5.75 Å². The van der Waals surface area contributed by atoms with E-state index in [9.17, 15) is 4.79 Å². The van der Waals surface area contributed by atoms with Gasteiger partial charge < -0.3 is 9.84 Å². The molecule has 16 heavy (non-hydrogen) atoms. The molecule has 2 heterocycles. The molecule has 4 heteroatoms. The van der Waals surface area contributed by atoms with E-state index in [1.165, 1.54) is 11.2 Å².